The van der Waals surface area contributed by atoms with Gasteiger partial charge >= 0.3 is 53.7 Å². The molecular formula is C94H48O24. The lowest BCUT2D eigenvalue weighted by atomic mass is 9.23. The van der Waals surface area contributed by atoms with Gasteiger partial charge in [0.05, 0.1) is 11.1 Å². The summed E-state index contributed by atoms with van der Waals surface area (Å²) in [7, 11) is 0. The Morgan fingerprint density at radius 3 is 2.00 bits per heavy atom. The van der Waals surface area contributed by atoms with E-state index in [0.717, 1.165) is 11.1 Å². The van der Waals surface area contributed by atoms with E-state index in [1.54, 1.807) is 42.5 Å². The van der Waals surface area contributed by atoms with E-state index >= 15 is 29.4 Å². The van der Waals surface area contributed by atoms with Gasteiger partial charge in [0.1, 0.15) is 80.3 Å². The van der Waals surface area contributed by atoms with E-state index in [1.165, 1.54) is 18.2 Å². The molecule has 11 N–H and O–H groups in total. The van der Waals surface area contributed by atoms with E-state index < -0.39 is 246 Å². The Morgan fingerprint density at radius 1 is 0.475 bits per heavy atom. The van der Waals surface area contributed by atoms with Gasteiger partial charge in [-0.15, -0.1) is 0 Å². The summed E-state index contributed by atoms with van der Waals surface area (Å²) in [5, 5.41) is 145. The average Bonchev–Trinajstić information content (AvgIpc) is 1.35. The monoisotopic (exact) mass is 1560 g/mol. The van der Waals surface area contributed by atoms with Gasteiger partial charge in [-0.3, -0.25) is 28.8 Å². The molecular weight excluding hydrogens is 1510 g/mol. The Balaban J connectivity index is 0.814. The minimum atomic E-state index is -2.46. The highest BCUT2D eigenvalue weighted by atomic mass is 16.7. The first-order valence-corrected chi connectivity index (χ1v) is 41.0. The second-order valence-corrected chi connectivity index (χ2v) is 40.3. The van der Waals surface area contributed by atoms with E-state index in [-0.39, 0.29) is 73.3 Å². The molecule has 24 nitrogen and oxygen atoms in total. The summed E-state index contributed by atoms with van der Waals surface area (Å²) >= 11 is 0. The van der Waals surface area contributed by atoms with Crippen molar-refractivity contribution in [3.8, 4) is 0 Å². The van der Waals surface area contributed by atoms with Crippen molar-refractivity contribution in [3.63, 3.8) is 0 Å². The summed E-state index contributed by atoms with van der Waals surface area (Å²) < 4.78 is 33.3. The fourth-order valence-electron chi connectivity index (χ4n) is 38.0. The summed E-state index contributed by atoms with van der Waals surface area (Å²) in [6, 6.07) is 1.82. The van der Waals surface area contributed by atoms with Crippen LogP contribution in [0.15, 0.2) is 262 Å². The molecule has 36 rings (SSSR count). The molecule has 31 aliphatic carbocycles. The molecule has 1 aromatic carbocycles. The molecule has 32 unspecified atom stereocenters. The first kappa shape index (κ1) is 59.0. The van der Waals surface area contributed by atoms with Crippen LogP contribution in [-0.4, -0.2) is 160 Å². The van der Waals surface area contributed by atoms with Crippen LogP contribution in [0.1, 0.15) is 52.0 Å². The Kier molecular flexibility index (Phi) is 7.49. The van der Waals surface area contributed by atoms with Gasteiger partial charge in [-0.05, 0) is 220 Å². The van der Waals surface area contributed by atoms with Crippen molar-refractivity contribution in [2.75, 3.05) is 0 Å². The van der Waals surface area contributed by atoms with Gasteiger partial charge in [0.2, 0.25) is 0 Å². The third-order valence-electron chi connectivity index (χ3n) is 39.0. The summed E-state index contributed by atoms with van der Waals surface area (Å²) in [6.07, 6.45) is 19.6. The third kappa shape index (κ3) is 4.22. The number of hydrogen-bond acceptors (Lipinski definition) is 15. The van der Waals surface area contributed by atoms with Crippen molar-refractivity contribution >= 4 is 59.8 Å². The van der Waals surface area contributed by atoms with Crippen molar-refractivity contribution in [2.24, 2.45) is 112 Å². The third-order valence-corrected chi connectivity index (χ3v) is 39.0. The Bertz CT molecular complexity index is 7450. The van der Waals surface area contributed by atoms with Crippen LogP contribution in [0.5, 0.6) is 0 Å². The number of aliphatic carboxylic acids is 9. The van der Waals surface area contributed by atoms with E-state index in [2.05, 4.69) is 0 Å². The van der Waals surface area contributed by atoms with Gasteiger partial charge in [0.15, 0.2) is 11.2 Å². The standard InChI is InChI=1S/C94H48O24/c95-76(96)24-6-15-5-20-26(78(99)100)8-21-22-9-25(77(97)98)17-2-1-16-7-31-38(82(107)108)29-10-23-27(79(101)102)11-30-39(83(109)110)35-12-28(80(103)104)34-13-32-37(81(105)106)18-3-4-19-47-59(18)86(113)62(32)74-52-54-66-56-51-55-65-53(42(29)48-41(23)45(30)69(90(35)89(34,74)117-90)57(52)64(48)87(65,66)114)61(31)91-72(55)50(44(22)60(17)88(16,91)116-91)49-40(21)43(20)68-36(15)46-33(24)14-85(63(19)84(111)112)93(115-85)70(47)58(67(54)86)73(56)94(75(46)93)92(68,118-94)71(49)51/h1-13,25-27,33,37,39-40,42,45-46,51,53,58-59,61,63,65,67,69,71,73,75,113-114H,14H2,(H,95,96)(H,97,98)(H,99,100)(H,101,102)(H,103,104)(H,105,106)(H,107,108)(H,109,110)(H,111,112). The lowest BCUT2D eigenvalue weighted by Gasteiger charge is -2.78. The fourth-order valence-corrected chi connectivity index (χ4v) is 38.0. The van der Waals surface area contributed by atoms with Crippen LogP contribution in [0.3, 0.4) is 0 Å². The molecule has 32 atom stereocenters. The van der Waals surface area contributed by atoms with E-state index in [0.29, 0.717) is 134 Å². The zero-order chi connectivity index (χ0) is 78.1. The van der Waals surface area contributed by atoms with Crippen molar-refractivity contribution in [1.29, 1.82) is 0 Å². The number of fused-ring (bicyclic) bond motifs is 1. The number of epoxide rings is 4. The second kappa shape index (κ2) is 15.0. The zero-order valence-electron chi connectivity index (χ0n) is 60.1. The van der Waals surface area contributed by atoms with Crippen LogP contribution < -0.4 is 0 Å². The van der Waals surface area contributed by atoms with Crippen molar-refractivity contribution in [2.45, 2.75) is 80.2 Å². The van der Waals surface area contributed by atoms with Crippen LogP contribution in [0.2, 0.25) is 0 Å². The number of carboxylic acid groups (broad SMARTS) is 9. The van der Waals surface area contributed by atoms with Gasteiger partial charge in [0.25, 0.3) is 0 Å². The minimum Gasteiger partial charge on any atom is -0.481 e. The summed E-state index contributed by atoms with van der Waals surface area (Å²) in [6.45, 7) is 0. The molecule has 7 saturated carbocycles. The summed E-state index contributed by atoms with van der Waals surface area (Å²) in [4.78, 5) is 136. The highest BCUT2D eigenvalue weighted by Crippen LogP contribution is 3.01. The van der Waals surface area contributed by atoms with Gasteiger partial charge in [0, 0.05) is 111 Å². The Hall–Kier alpha value is -11.8. The number of hydrogen-bond donors (Lipinski definition) is 11. The molecule has 35 aliphatic rings. The lowest BCUT2D eigenvalue weighted by molar-refractivity contribution is -0.146. The number of carboxylic acids is 9. The topological polar surface area (TPSA) is 426 Å². The molecule has 4 heterocycles. The van der Waals surface area contributed by atoms with Gasteiger partial charge in [-0.1, -0.05) is 54.7 Å². The van der Waals surface area contributed by atoms with Crippen LogP contribution in [0, 0.1) is 112 Å². The van der Waals surface area contributed by atoms with Crippen LogP contribution in [0.4, 0.5) is 0 Å². The van der Waals surface area contributed by atoms with Crippen molar-refractivity contribution < 1.29 is 118 Å². The van der Waals surface area contributed by atoms with E-state index in [1.807, 2.05) is 18.2 Å². The largest absolute Gasteiger partial charge is 0.481 e. The second-order valence-electron chi connectivity index (χ2n) is 40.3. The quantitative estimate of drug-likeness (QED) is 0.0996. The van der Waals surface area contributed by atoms with Crippen molar-refractivity contribution in [3.05, 3.63) is 290 Å². The lowest BCUT2D eigenvalue weighted by Crippen LogP contribution is -2.79. The van der Waals surface area contributed by atoms with Crippen LogP contribution in [0.25, 0.3) is 6.08 Å². The van der Waals surface area contributed by atoms with Crippen LogP contribution in [-0.2, 0) is 67.7 Å². The predicted octanol–water partition coefficient (Wildman–Crippen LogP) is 6.00. The van der Waals surface area contributed by atoms with E-state index in [9.17, 15) is 69.9 Å². The summed E-state index contributed by atoms with van der Waals surface area (Å²) in [5.41, 5.74) is -4.82. The fraction of sp³-hybridized carbons (Fsp3) is 0.351. The van der Waals surface area contributed by atoms with Crippen LogP contribution >= 0.6 is 0 Å². The maximum atomic E-state index is 17.5. The Morgan fingerprint density at radius 2 is 1.25 bits per heavy atom. The maximum absolute atomic E-state index is 17.5. The molecule has 0 bridgehead atoms. The molecule has 4 aliphatic heterocycles. The molecule has 0 aromatic heterocycles. The van der Waals surface area contributed by atoms with Crippen molar-refractivity contribution in [1.82, 2.24) is 0 Å². The van der Waals surface area contributed by atoms with Gasteiger partial charge in [-0.2, -0.15) is 0 Å². The minimum absolute atomic E-state index is 0.0100. The smallest absolute Gasteiger partial charge is 0.336 e. The highest BCUT2D eigenvalue weighted by molar-refractivity contribution is 6.08. The number of allylic oxidation sites excluding steroid dienone is 10. The summed E-state index contributed by atoms with van der Waals surface area (Å²) in [5.74, 6) is -39.2. The molecule has 24 heteroatoms. The molecule has 4 saturated heterocycles. The Labute approximate surface area is 657 Å². The molecule has 1 aromatic rings. The van der Waals surface area contributed by atoms with Gasteiger partial charge < -0.3 is 75.1 Å². The number of ether oxygens (including phenoxy) is 4. The highest BCUT2D eigenvalue weighted by Gasteiger charge is 3.05. The molecule has 118 heavy (non-hydrogen) atoms. The molecule has 11 fully saturated rings. The molecule has 7 spiro atoms. The maximum Gasteiger partial charge on any atom is 0.336 e. The average molecular weight is 1560 g/mol. The van der Waals surface area contributed by atoms with E-state index in [4.69, 9.17) is 18.9 Å². The molecule has 0 amide bonds. The zero-order valence-corrected chi connectivity index (χ0v) is 60.1. The number of rotatable bonds is 9. The number of aliphatic hydroxyl groups is 2. The SMILES string of the molecule is O=C(O)C1=Cc2cc3c4c5c2C2C1CC16OC17C1=C8C(=CC=C9C(C(=O)O)C%10=CC%11=C(C(=O)O)C=C%12C(C(=O)O)C%13=CC(C(=O)O)C%14=CC%15=C(C(=O)O)C%16=CC%17=CC=C%18C%19=C%20C(=CC%18C(=O)O)C(=CC3C(=O)O)C4C3=C%20C4=C%18C%20C%21=C%22C%23=C%24C%25=C%26C(=C%14C%13C%25C%12%13OC%11%13C%24=C%10C(O)(C98)C%23C1C%21C1(OC51C3%20)C27)C%15C(C%18C%26%22O)C%16C41OC%17%191)C6C(=O)O. The first-order valence-electron chi connectivity index (χ1n) is 41.0. The normalized spacial score (nSPS) is 52.0. The number of carbonyl (C=O) groups is 9. The number of benzene rings is 1. The van der Waals surface area contributed by atoms with Gasteiger partial charge in [-0.25, -0.2) is 14.4 Å². The first-order chi connectivity index (χ1) is 56.7. The molecule has 568 valence electrons. The predicted molar refractivity (Wildman–Crippen MR) is 384 cm³/mol. The molecule has 0 radical (unpaired) electrons.